The van der Waals surface area contributed by atoms with Gasteiger partial charge < -0.3 is 10.2 Å². The molecule has 1 amide bonds. The summed E-state index contributed by atoms with van der Waals surface area (Å²) < 4.78 is 0. The van der Waals surface area contributed by atoms with Gasteiger partial charge in [0.15, 0.2) is 6.61 Å². The molecule has 4 nitrogen and oxygen atoms in total. The number of para-hydroxylation sites is 1. The van der Waals surface area contributed by atoms with E-state index in [1.54, 1.807) is 38.1 Å². The molecular formula is C11H13ClN2O2. The maximum absolute atomic E-state index is 11.4. The average molecular weight is 241 g/mol. The van der Waals surface area contributed by atoms with Crippen molar-refractivity contribution in [3.8, 4) is 0 Å². The summed E-state index contributed by atoms with van der Waals surface area (Å²) >= 11 is 5.87. The highest BCUT2D eigenvalue weighted by Crippen LogP contribution is 2.20. The van der Waals surface area contributed by atoms with Crippen LogP contribution in [0.5, 0.6) is 0 Å². The standard InChI is InChI=1S/C11H13ClN2O2/c1-8(2)14-16-7-11(15)13-10-6-4-3-5-9(10)12/h3-6H,7H2,1-2H3,(H,13,15). The van der Waals surface area contributed by atoms with Crippen molar-refractivity contribution in [1.82, 2.24) is 0 Å². The Hall–Kier alpha value is -1.55. The van der Waals surface area contributed by atoms with Gasteiger partial charge in [-0.3, -0.25) is 4.79 Å². The van der Waals surface area contributed by atoms with Gasteiger partial charge in [0.1, 0.15) is 0 Å². The van der Waals surface area contributed by atoms with Gasteiger partial charge in [-0.2, -0.15) is 0 Å². The zero-order valence-corrected chi connectivity index (χ0v) is 9.91. The summed E-state index contributed by atoms with van der Waals surface area (Å²) in [6.45, 7) is 3.44. The second-order valence-electron chi connectivity index (χ2n) is 3.34. The molecule has 0 aromatic heterocycles. The number of hydrogen-bond donors (Lipinski definition) is 1. The molecule has 1 N–H and O–H groups in total. The number of nitrogens with zero attached hydrogens (tertiary/aromatic N) is 1. The fraction of sp³-hybridized carbons (Fsp3) is 0.273. The largest absolute Gasteiger partial charge is 0.386 e. The van der Waals surface area contributed by atoms with E-state index in [-0.39, 0.29) is 12.5 Å². The molecule has 0 fully saturated rings. The molecule has 86 valence electrons. The number of hydrogen-bond acceptors (Lipinski definition) is 3. The van der Waals surface area contributed by atoms with E-state index in [2.05, 4.69) is 10.5 Å². The molecule has 0 aliphatic rings. The summed E-state index contributed by atoms with van der Waals surface area (Å²) in [5.41, 5.74) is 1.32. The van der Waals surface area contributed by atoms with Gasteiger partial charge in [0, 0.05) is 0 Å². The smallest absolute Gasteiger partial charge is 0.265 e. The van der Waals surface area contributed by atoms with Crippen molar-refractivity contribution >= 4 is 28.9 Å². The van der Waals surface area contributed by atoms with E-state index in [9.17, 15) is 4.79 Å². The third kappa shape index (κ3) is 4.31. The van der Waals surface area contributed by atoms with Crippen LogP contribution >= 0.6 is 11.6 Å². The number of anilines is 1. The second kappa shape index (κ2) is 6.12. The van der Waals surface area contributed by atoms with Gasteiger partial charge in [0.2, 0.25) is 0 Å². The molecule has 0 unspecified atom stereocenters. The Kier molecular flexibility index (Phi) is 4.79. The number of benzene rings is 1. The fourth-order valence-electron chi connectivity index (χ4n) is 0.969. The van der Waals surface area contributed by atoms with Gasteiger partial charge >= 0.3 is 0 Å². The van der Waals surface area contributed by atoms with Gasteiger partial charge in [-0.15, -0.1) is 0 Å². The summed E-state index contributed by atoms with van der Waals surface area (Å²) in [5.74, 6) is -0.293. The SMILES string of the molecule is CC(C)=NOCC(=O)Nc1ccccc1Cl. The Morgan fingerprint density at radius 2 is 2.12 bits per heavy atom. The monoisotopic (exact) mass is 240 g/mol. The Morgan fingerprint density at radius 3 is 2.75 bits per heavy atom. The van der Waals surface area contributed by atoms with Crippen molar-refractivity contribution in [3.63, 3.8) is 0 Å². The van der Waals surface area contributed by atoms with Crippen LogP contribution in [0.3, 0.4) is 0 Å². The predicted molar refractivity (Wildman–Crippen MR) is 64.8 cm³/mol. The topological polar surface area (TPSA) is 50.7 Å². The maximum Gasteiger partial charge on any atom is 0.265 e. The molecule has 0 aliphatic carbocycles. The van der Waals surface area contributed by atoms with Crippen molar-refractivity contribution in [2.45, 2.75) is 13.8 Å². The zero-order chi connectivity index (χ0) is 12.0. The van der Waals surface area contributed by atoms with Gasteiger partial charge in [0.25, 0.3) is 5.91 Å². The number of nitrogens with one attached hydrogen (secondary N) is 1. The first-order valence-corrected chi connectivity index (χ1v) is 5.15. The lowest BCUT2D eigenvalue weighted by Gasteiger charge is -2.05. The minimum absolute atomic E-state index is 0.129. The van der Waals surface area contributed by atoms with Crippen molar-refractivity contribution in [1.29, 1.82) is 0 Å². The van der Waals surface area contributed by atoms with E-state index in [0.29, 0.717) is 10.7 Å². The lowest BCUT2D eigenvalue weighted by atomic mass is 10.3. The van der Waals surface area contributed by atoms with Crippen LogP contribution < -0.4 is 5.32 Å². The molecule has 0 heterocycles. The third-order valence-corrected chi connectivity index (χ3v) is 1.92. The Labute approximate surface area is 99.2 Å². The first-order valence-electron chi connectivity index (χ1n) is 4.77. The zero-order valence-electron chi connectivity index (χ0n) is 9.16. The van der Waals surface area contributed by atoms with Gasteiger partial charge in [-0.1, -0.05) is 28.9 Å². The molecule has 16 heavy (non-hydrogen) atoms. The van der Waals surface area contributed by atoms with Crippen molar-refractivity contribution in [3.05, 3.63) is 29.3 Å². The average Bonchev–Trinajstić information content (AvgIpc) is 2.21. The highest BCUT2D eigenvalue weighted by molar-refractivity contribution is 6.33. The van der Waals surface area contributed by atoms with Crippen molar-refractivity contribution < 1.29 is 9.63 Å². The molecule has 0 atom stereocenters. The number of amides is 1. The van der Waals surface area contributed by atoms with E-state index in [0.717, 1.165) is 5.71 Å². The Morgan fingerprint density at radius 1 is 1.44 bits per heavy atom. The summed E-state index contributed by atoms with van der Waals surface area (Å²) in [5, 5.41) is 6.76. The molecule has 0 aliphatic heterocycles. The van der Waals surface area contributed by atoms with Crippen LogP contribution in [0, 0.1) is 0 Å². The van der Waals surface area contributed by atoms with E-state index in [1.807, 2.05) is 0 Å². The number of carbonyl (C=O) groups is 1. The van der Waals surface area contributed by atoms with Crippen LogP contribution in [-0.2, 0) is 9.63 Å². The van der Waals surface area contributed by atoms with Crippen LogP contribution in [0.4, 0.5) is 5.69 Å². The second-order valence-corrected chi connectivity index (χ2v) is 3.75. The molecule has 0 saturated heterocycles. The quantitative estimate of drug-likeness (QED) is 0.650. The molecule has 0 radical (unpaired) electrons. The van der Waals surface area contributed by atoms with E-state index in [1.165, 1.54) is 0 Å². The predicted octanol–water partition coefficient (Wildman–Crippen LogP) is 2.69. The molecule has 1 aromatic rings. The van der Waals surface area contributed by atoms with Crippen molar-refractivity contribution in [2.75, 3.05) is 11.9 Å². The molecule has 1 rings (SSSR count). The molecule has 0 saturated carbocycles. The van der Waals surface area contributed by atoms with Crippen LogP contribution in [0.1, 0.15) is 13.8 Å². The fourth-order valence-corrected chi connectivity index (χ4v) is 1.15. The number of oxime groups is 1. The maximum atomic E-state index is 11.4. The Balaban J connectivity index is 2.46. The van der Waals surface area contributed by atoms with Crippen LogP contribution in [0.15, 0.2) is 29.4 Å². The van der Waals surface area contributed by atoms with Crippen LogP contribution in [-0.4, -0.2) is 18.2 Å². The Bertz CT molecular complexity index is 401. The summed E-state index contributed by atoms with van der Waals surface area (Å²) in [4.78, 5) is 16.2. The molecular weight excluding hydrogens is 228 g/mol. The normalized spacial score (nSPS) is 9.44. The minimum Gasteiger partial charge on any atom is -0.386 e. The van der Waals surface area contributed by atoms with Crippen molar-refractivity contribution in [2.24, 2.45) is 5.16 Å². The first-order chi connectivity index (χ1) is 7.59. The van der Waals surface area contributed by atoms with E-state index in [4.69, 9.17) is 16.4 Å². The summed E-state index contributed by atoms with van der Waals surface area (Å²) in [7, 11) is 0. The first kappa shape index (κ1) is 12.5. The number of carbonyl (C=O) groups excluding carboxylic acids is 1. The lowest BCUT2D eigenvalue weighted by molar-refractivity contribution is -0.120. The van der Waals surface area contributed by atoms with Gasteiger partial charge in [-0.05, 0) is 26.0 Å². The van der Waals surface area contributed by atoms with Gasteiger partial charge in [-0.25, -0.2) is 0 Å². The summed E-state index contributed by atoms with van der Waals surface area (Å²) in [6, 6.07) is 7.00. The number of rotatable bonds is 4. The molecule has 0 bridgehead atoms. The van der Waals surface area contributed by atoms with Crippen LogP contribution in [0.25, 0.3) is 0 Å². The summed E-state index contributed by atoms with van der Waals surface area (Å²) in [6.07, 6.45) is 0. The van der Waals surface area contributed by atoms with E-state index >= 15 is 0 Å². The molecule has 1 aromatic carbocycles. The third-order valence-electron chi connectivity index (χ3n) is 1.59. The van der Waals surface area contributed by atoms with Crippen LogP contribution in [0.2, 0.25) is 5.02 Å². The highest BCUT2D eigenvalue weighted by Gasteiger charge is 2.05. The van der Waals surface area contributed by atoms with E-state index < -0.39 is 0 Å². The molecule has 5 heteroatoms. The van der Waals surface area contributed by atoms with Gasteiger partial charge in [0.05, 0.1) is 16.4 Å². The minimum atomic E-state index is -0.293. The lowest BCUT2D eigenvalue weighted by Crippen LogP contribution is -2.17. The highest BCUT2D eigenvalue weighted by atomic mass is 35.5. The molecule has 0 spiro atoms. The number of halogens is 1.